The molecule has 16 nitrogen and oxygen atoms in total. The zero-order valence-corrected chi connectivity index (χ0v) is 65.1. The fraction of sp³-hybridized carbons (Fsp3) is 0.0196. The van der Waals surface area contributed by atoms with Crippen LogP contribution in [0.2, 0.25) is 0 Å². The molecule has 14 rings (SSSR count). The quantitative estimate of drug-likeness (QED) is 0.0911. The predicted molar refractivity (Wildman–Crippen MR) is 451 cm³/mol. The topological polar surface area (TPSA) is 303 Å². The van der Waals surface area contributed by atoms with Gasteiger partial charge in [0.15, 0.2) is 0 Å². The Labute approximate surface area is 715 Å². The predicted octanol–water partition coefficient (Wildman–Crippen LogP) is 25.8. The normalized spacial score (nSPS) is 9.86. The minimum Gasteiger partial charge on any atom is -0.235 e. The van der Waals surface area contributed by atoms with Crippen molar-refractivity contribution in [2.45, 2.75) is 13.8 Å². The SMILES string of the molecule is [C-]#[N+]c1c(F)c(-c2ccccc2)cc(C#N)c1-c1ccc(-c2c(C#N)cc(-c3ccccc3)c(F)c2C#N)cc1.[C-]#[N+]c1c(F)ccc(C#N)c1-c1ccc(-c2c(C#N)ccc(F)c2C#N)cc1.[C-]#[N+]c1cc(C#N)c(-c2cc(C)c(-c3cc(F)c(C#N)cc3C#N)cc2C)cc1F.[C-]#[N+]c1cc(C#N)c(-c2ccc(-c3cc(F)c(C#N)cc3C#N)cc2)cc1F. The second-order valence-corrected chi connectivity index (χ2v) is 26.9. The highest BCUT2D eigenvalue weighted by molar-refractivity contribution is 5.92. The Kier molecular flexibility index (Phi) is 26.7. The van der Waals surface area contributed by atoms with Crippen molar-refractivity contribution in [1.29, 1.82) is 63.1 Å². The van der Waals surface area contributed by atoms with Crippen LogP contribution in [0.25, 0.3) is 131 Å². The molecule has 0 aromatic heterocycles. The average Bonchev–Trinajstić information content (AvgIpc) is 0.769. The van der Waals surface area contributed by atoms with Crippen molar-refractivity contribution >= 4 is 22.7 Å². The number of aryl methyl sites for hydroxylation is 2. The summed E-state index contributed by atoms with van der Waals surface area (Å²) in [5.74, 6) is -5.87. The first kappa shape index (κ1) is 87.2. The maximum Gasteiger partial charge on any atom is 0.231 e. The summed E-state index contributed by atoms with van der Waals surface area (Å²) in [4.78, 5) is 12.7. The van der Waals surface area contributed by atoms with Gasteiger partial charge in [0.25, 0.3) is 0 Å². The van der Waals surface area contributed by atoms with Gasteiger partial charge in [0.2, 0.25) is 22.7 Å². The summed E-state index contributed by atoms with van der Waals surface area (Å²) >= 11 is 0. The van der Waals surface area contributed by atoms with E-state index in [0.29, 0.717) is 89.0 Å². The van der Waals surface area contributed by atoms with E-state index in [1.165, 1.54) is 72.8 Å². The molecule has 0 heterocycles. The summed E-state index contributed by atoms with van der Waals surface area (Å²) < 4.78 is 115. The first-order chi connectivity index (χ1) is 60.9. The Hall–Kier alpha value is -19.6. The van der Waals surface area contributed by atoms with Gasteiger partial charge in [0.05, 0.1) is 125 Å². The molecule has 0 aliphatic rings. The van der Waals surface area contributed by atoms with E-state index in [9.17, 15) is 79.0 Å². The lowest BCUT2D eigenvalue weighted by molar-refractivity contribution is 0.624. The molecule has 0 spiro atoms. The van der Waals surface area contributed by atoms with Gasteiger partial charge in [0.1, 0.15) is 70.8 Å². The number of benzene rings is 14. The molecule has 0 amide bonds. The van der Waals surface area contributed by atoms with Gasteiger partial charge in [-0.1, -0.05) is 146 Å². The molecule has 0 saturated carbocycles. The molecule has 0 unspecified atom stereocenters. The molecule has 0 bridgehead atoms. The maximum atomic E-state index is 15.5. The van der Waals surface area contributed by atoms with Gasteiger partial charge < -0.3 is 0 Å². The van der Waals surface area contributed by atoms with Gasteiger partial charge in [-0.2, -0.15) is 63.1 Å². The standard InChI is InChI=1S/C34H16F2N4.C24H12F2N4.2C22H8F2N4/c1-40-34-31(26(19-38)17-28(33(34)36)22-10-6-3-7-11-22)24-14-12-23(13-15-24)30-25(18-37)16-27(32(35)29(30)20-39)21-8-4-2-5-9-21;1-13-5-19(21-9-23(26)24(30-3)7-16(21)11-28)14(2)4-18(13)20-8-22(25)17(12-29)6-15(20)10-27;1-28-22-7-16(11-26)19(9-21(22)24)14-4-2-13(3-5-14)18-8-20(23)17(12-27)6-15(18)10-25;1-28-22-19(24)9-7-16(11-26)21(22)14-4-2-13(3-5-14)20-15(10-25)6-8-18(23)17(20)12-27/h2-17H;4-9H,1-2H3;2*2-9H. The molecular weight excluding hydrogens is 1600 g/mol. The van der Waals surface area contributed by atoms with Crippen LogP contribution in [-0.2, 0) is 0 Å². The molecule has 0 aliphatic heterocycles. The van der Waals surface area contributed by atoms with Crippen LogP contribution in [0.5, 0.6) is 0 Å². The Morgan fingerprint density at radius 2 is 0.524 bits per heavy atom. The number of hydrogen-bond acceptors (Lipinski definition) is 12. The highest BCUT2D eigenvalue weighted by Gasteiger charge is 2.27. The van der Waals surface area contributed by atoms with Gasteiger partial charge in [-0.3, -0.25) is 0 Å². The molecule has 14 aromatic carbocycles. The van der Waals surface area contributed by atoms with Crippen molar-refractivity contribution in [3.8, 4) is 184 Å². The van der Waals surface area contributed by atoms with Crippen molar-refractivity contribution in [2.24, 2.45) is 0 Å². The fourth-order valence-electron chi connectivity index (χ4n) is 13.8. The van der Waals surface area contributed by atoms with E-state index in [4.69, 9.17) is 36.8 Å². The summed E-state index contributed by atoms with van der Waals surface area (Å²) in [6, 6.07) is 79.5. The van der Waals surface area contributed by atoms with Gasteiger partial charge >= 0.3 is 0 Å². The summed E-state index contributed by atoms with van der Waals surface area (Å²) in [5.41, 5.74) is 7.63. The first-order valence-electron chi connectivity index (χ1n) is 36.5. The van der Waals surface area contributed by atoms with E-state index in [2.05, 4.69) is 31.5 Å². The molecule has 0 N–H and O–H groups in total. The van der Waals surface area contributed by atoms with Crippen LogP contribution < -0.4 is 0 Å². The number of nitriles is 12. The highest BCUT2D eigenvalue weighted by Crippen LogP contribution is 2.45. The van der Waals surface area contributed by atoms with Crippen LogP contribution in [0.1, 0.15) is 77.9 Å². The van der Waals surface area contributed by atoms with E-state index in [-0.39, 0.29) is 123 Å². The number of nitrogens with zero attached hydrogens (tertiary/aromatic N) is 16. The van der Waals surface area contributed by atoms with Crippen LogP contribution in [0, 0.1) is 223 Å². The minimum absolute atomic E-state index is 0.113. The lowest BCUT2D eigenvalue weighted by atomic mass is 9.88. The third-order valence-electron chi connectivity index (χ3n) is 19.8. The molecule has 0 radical (unpaired) electrons. The Bertz CT molecular complexity index is 7190. The molecule has 14 aromatic rings. The molecule has 0 saturated heterocycles. The zero-order chi connectivity index (χ0) is 90.7. The molecule has 0 fully saturated rings. The fourth-order valence-corrected chi connectivity index (χ4v) is 13.8. The molecule has 588 valence electrons. The molecule has 24 heteroatoms. The minimum atomic E-state index is -0.743. The van der Waals surface area contributed by atoms with Crippen molar-refractivity contribution in [2.75, 3.05) is 0 Å². The first-order valence-corrected chi connectivity index (χ1v) is 36.5. The van der Waals surface area contributed by atoms with Crippen LogP contribution in [-0.4, -0.2) is 0 Å². The third kappa shape index (κ3) is 17.5. The van der Waals surface area contributed by atoms with E-state index in [1.54, 1.807) is 153 Å². The zero-order valence-electron chi connectivity index (χ0n) is 65.1. The number of hydrogen-bond donors (Lipinski definition) is 0. The van der Waals surface area contributed by atoms with Gasteiger partial charge in [-0.05, 0) is 177 Å². The van der Waals surface area contributed by atoms with Crippen LogP contribution in [0.4, 0.5) is 57.9 Å². The highest BCUT2D eigenvalue weighted by atomic mass is 19.2. The monoisotopic (exact) mass is 1640 g/mol. The summed E-state index contributed by atoms with van der Waals surface area (Å²) in [6.07, 6.45) is 0. The van der Waals surface area contributed by atoms with E-state index in [0.717, 1.165) is 36.4 Å². The Morgan fingerprint density at radius 1 is 0.214 bits per heavy atom. The van der Waals surface area contributed by atoms with Crippen LogP contribution >= 0.6 is 0 Å². The lowest BCUT2D eigenvalue weighted by Gasteiger charge is -2.15. The molecule has 126 heavy (non-hydrogen) atoms. The molecular formula is C102H44F8N16. The lowest BCUT2D eigenvalue weighted by Crippen LogP contribution is -1.98. The van der Waals surface area contributed by atoms with E-state index >= 15 is 8.78 Å². The third-order valence-corrected chi connectivity index (χ3v) is 19.8. The smallest absolute Gasteiger partial charge is 0.231 e. The van der Waals surface area contributed by atoms with Gasteiger partial charge in [-0.25, -0.2) is 54.5 Å². The summed E-state index contributed by atoms with van der Waals surface area (Å²) in [5, 5.41) is 113. The Balaban J connectivity index is 0.000000165. The van der Waals surface area contributed by atoms with E-state index < -0.39 is 46.5 Å². The largest absolute Gasteiger partial charge is 0.235 e. The summed E-state index contributed by atoms with van der Waals surface area (Å²) in [7, 11) is 0. The van der Waals surface area contributed by atoms with Crippen molar-refractivity contribution in [1.82, 2.24) is 0 Å². The van der Waals surface area contributed by atoms with Gasteiger partial charge in [0, 0.05) is 61.2 Å². The van der Waals surface area contributed by atoms with Crippen molar-refractivity contribution in [3.63, 3.8) is 0 Å². The van der Waals surface area contributed by atoms with Crippen molar-refractivity contribution in [3.05, 3.63) is 401 Å². The Morgan fingerprint density at radius 3 is 0.921 bits per heavy atom. The maximum absolute atomic E-state index is 15.5. The van der Waals surface area contributed by atoms with Crippen LogP contribution in [0.15, 0.2) is 231 Å². The van der Waals surface area contributed by atoms with Crippen molar-refractivity contribution < 1.29 is 35.1 Å². The average molecular weight is 1650 g/mol. The number of halogens is 8. The molecule has 0 atom stereocenters. The van der Waals surface area contributed by atoms with Gasteiger partial charge in [-0.15, -0.1) is 0 Å². The summed E-state index contributed by atoms with van der Waals surface area (Å²) in [6.45, 7) is 32.3. The molecule has 0 aliphatic carbocycles. The second-order valence-electron chi connectivity index (χ2n) is 26.9. The van der Waals surface area contributed by atoms with Crippen LogP contribution in [0.3, 0.4) is 0 Å². The number of rotatable bonds is 10. The van der Waals surface area contributed by atoms with E-state index in [1.807, 2.05) is 42.5 Å². The second kappa shape index (κ2) is 38.6.